The lowest BCUT2D eigenvalue weighted by molar-refractivity contribution is 0.0519. The molecule has 0 aliphatic carbocycles. The molecule has 18 heavy (non-hydrogen) atoms. The highest BCUT2D eigenvalue weighted by molar-refractivity contribution is 7.80. The van der Waals surface area contributed by atoms with E-state index < -0.39 is 0 Å². The Hall–Kier alpha value is -1.39. The second-order valence-corrected chi connectivity index (χ2v) is 4.75. The van der Waals surface area contributed by atoms with Crippen molar-refractivity contribution >= 4 is 17.2 Å². The van der Waals surface area contributed by atoms with Gasteiger partial charge in [-0.15, -0.1) is 0 Å². The molecule has 1 N–H and O–H groups in total. The zero-order valence-electron chi connectivity index (χ0n) is 10.4. The van der Waals surface area contributed by atoms with Crippen LogP contribution in [0, 0.1) is 0 Å². The number of ether oxygens (including phenoxy) is 1. The maximum Gasteiger partial charge on any atom is 0.0988 e. The van der Waals surface area contributed by atoms with Crippen LogP contribution in [0.2, 0.25) is 0 Å². The summed E-state index contributed by atoms with van der Waals surface area (Å²) in [7, 11) is 0. The van der Waals surface area contributed by atoms with Crippen molar-refractivity contribution in [3.05, 3.63) is 48.3 Å². The maximum atomic E-state index is 5.35. The standard InChI is InChI=1S/C14H18N2OS/c1-12(16-7-9-17-10-8-16)15-14(18)11-13-5-3-2-4-6-13/h2-6H,1,7-11H2,(H,15,18). The number of rotatable bonds is 4. The first-order valence-electron chi connectivity index (χ1n) is 6.11. The van der Waals surface area contributed by atoms with Crippen LogP contribution in [-0.2, 0) is 11.2 Å². The summed E-state index contributed by atoms with van der Waals surface area (Å²) < 4.78 is 5.31. The highest BCUT2D eigenvalue weighted by Crippen LogP contribution is 2.05. The fourth-order valence-corrected chi connectivity index (χ4v) is 2.18. The summed E-state index contributed by atoms with van der Waals surface area (Å²) >= 11 is 5.35. The van der Waals surface area contributed by atoms with Crippen molar-refractivity contribution in [2.24, 2.45) is 0 Å². The van der Waals surface area contributed by atoms with Crippen LogP contribution in [0.3, 0.4) is 0 Å². The maximum absolute atomic E-state index is 5.35. The molecule has 1 aliphatic rings. The molecule has 1 heterocycles. The van der Waals surface area contributed by atoms with Crippen molar-refractivity contribution in [2.45, 2.75) is 6.42 Å². The van der Waals surface area contributed by atoms with Gasteiger partial charge in [0, 0.05) is 19.5 Å². The molecule has 0 radical (unpaired) electrons. The molecule has 1 aliphatic heterocycles. The van der Waals surface area contributed by atoms with Gasteiger partial charge in [-0.1, -0.05) is 49.1 Å². The van der Waals surface area contributed by atoms with Gasteiger partial charge in [-0.2, -0.15) is 0 Å². The topological polar surface area (TPSA) is 24.5 Å². The van der Waals surface area contributed by atoms with Crippen LogP contribution in [0.1, 0.15) is 5.56 Å². The Kier molecular flexibility index (Phi) is 4.73. The van der Waals surface area contributed by atoms with E-state index in [1.807, 2.05) is 18.2 Å². The molecule has 96 valence electrons. The molecule has 0 amide bonds. The summed E-state index contributed by atoms with van der Waals surface area (Å²) in [6.45, 7) is 7.29. The first-order chi connectivity index (χ1) is 8.75. The largest absolute Gasteiger partial charge is 0.378 e. The third kappa shape index (κ3) is 3.82. The predicted octanol–water partition coefficient (Wildman–Crippen LogP) is 1.95. The van der Waals surface area contributed by atoms with Gasteiger partial charge in [-0.05, 0) is 5.56 Å². The van der Waals surface area contributed by atoms with Crippen LogP contribution < -0.4 is 5.32 Å². The Labute approximate surface area is 113 Å². The van der Waals surface area contributed by atoms with Crippen molar-refractivity contribution < 1.29 is 4.74 Å². The van der Waals surface area contributed by atoms with Crippen LogP contribution in [0.25, 0.3) is 0 Å². The molecule has 1 aromatic carbocycles. The molecule has 0 aromatic heterocycles. The molecular formula is C14H18N2OS. The van der Waals surface area contributed by atoms with Gasteiger partial charge in [-0.25, -0.2) is 0 Å². The van der Waals surface area contributed by atoms with E-state index in [1.54, 1.807) is 0 Å². The van der Waals surface area contributed by atoms with Crippen molar-refractivity contribution in [1.82, 2.24) is 10.2 Å². The second kappa shape index (κ2) is 6.52. The molecular weight excluding hydrogens is 244 g/mol. The fourth-order valence-electron chi connectivity index (χ4n) is 1.90. The Morgan fingerprint density at radius 3 is 2.61 bits per heavy atom. The highest BCUT2D eigenvalue weighted by atomic mass is 32.1. The van der Waals surface area contributed by atoms with Gasteiger partial charge in [0.1, 0.15) is 0 Å². The number of hydrogen-bond donors (Lipinski definition) is 1. The molecule has 1 aromatic rings. The SMILES string of the molecule is C=C(NC(=S)Cc1ccccc1)N1CCOCC1. The van der Waals surface area contributed by atoms with E-state index in [2.05, 4.69) is 28.9 Å². The first-order valence-corrected chi connectivity index (χ1v) is 6.52. The first kappa shape index (κ1) is 13.1. The second-order valence-electron chi connectivity index (χ2n) is 4.26. The van der Waals surface area contributed by atoms with E-state index in [9.17, 15) is 0 Å². The lowest BCUT2D eigenvalue weighted by atomic mass is 10.1. The van der Waals surface area contributed by atoms with Gasteiger partial charge in [0.05, 0.1) is 24.0 Å². The van der Waals surface area contributed by atoms with Crippen molar-refractivity contribution in [2.75, 3.05) is 26.3 Å². The van der Waals surface area contributed by atoms with Crippen LogP contribution in [0.5, 0.6) is 0 Å². The average Bonchev–Trinajstić information content (AvgIpc) is 2.40. The zero-order chi connectivity index (χ0) is 12.8. The number of hydrogen-bond acceptors (Lipinski definition) is 3. The number of nitrogens with one attached hydrogen (secondary N) is 1. The van der Waals surface area contributed by atoms with Crippen LogP contribution >= 0.6 is 12.2 Å². The molecule has 2 rings (SSSR count). The van der Waals surface area contributed by atoms with Gasteiger partial charge < -0.3 is 15.0 Å². The van der Waals surface area contributed by atoms with E-state index in [1.165, 1.54) is 5.56 Å². The summed E-state index contributed by atoms with van der Waals surface area (Å²) in [5, 5.41) is 3.21. The number of thiocarbonyl (C=S) groups is 1. The molecule has 0 spiro atoms. The zero-order valence-corrected chi connectivity index (χ0v) is 11.2. The van der Waals surface area contributed by atoms with Gasteiger partial charge in [0.25, 0.3) is 0 Å². The Bertz CT molecular complexity index is 413. The molecule has 3 nitrogen and oxygen atoms in total. The predicted molar refractivity (Wildman–Crippen MR) is 77.4 cm³/mol. The van der Waals surface area contributed by atoms with Gasteiger partial charge >= 0.3 is 0 Å². The molecule has 4 heteroatoms. The lowest BCUT2D eigenvalue weighted by Crippen LogP contribution is -2.41. The van der Waals surface area contributed by atoms with Crippen molar-refractivity contribution in [1.29, 1.82) is 0 Å². The third-order valence-corrected chi connectivity index (χ3v) is 3.13. The summed E-state index contributed by atoms with van der Waals surface area (Å²) in [6, 6.07) is 10.2. The minimum Gasteiger partial charge on any atom is -0.378 e. The van der Waals surface area contributed by atoms with Gasteiger partial charge in [0.15, 0.2) is 0 Å². The van der Waals surface area contributed by atoms with Crippen molar-refractivity contribution in [3.63, 3.8) is 0 Å². The molecule has 0 atom stereocenters. The molecule has 1 saturated heterocycles. The third-order valence-electron chi connectivity index (χ3n) is 2.88. The van der Waals surface area contributed by atoms with E-state index in [-0.39, 0.29) is 0 Å². The van der Waals surface area contributed by atoms with E-state index in [0.29, 0.717) is 0 Å². The summed E-state index contributed by atoms with van der Waals surface area (Å²) in [5.74, 6) is 0.874. The molecule has 0 saturated carbocycles. The monoisotopic (exact) mass is 262 g/mol. The Morgan fingerprint density at radius 1 is 1.28 bits per heavy atom. The van der Waals surface area contributed by atoms with E-state index in [0.717, 1.165) is 43.5 Å². The number of benzene rings is 1. The van der Waals surface area contributed by atoms with Gasteiger partial charge in [-0.3, -0.25) is 0 Å². The Balaban J connectivity index is 1.82. The lowest BCUT2D eigenvalue weighted by Gasteiger charge is -2.30. The Morgan fingerprint density at radius 2 is 1.94 bits per heavy atom. The van der Waals surface area contributed by atoms with Crippen LogP contribution in [0.15, 0.2) is 42.7 Å². The van der Waals surface area contributed by atoms with Crippen LogP contribution in [0.4, 0.5) is 0 Å². The molecule has 1 fully saturated rings. The fraction of sp³-hybridized carbons (Fsp3) is 0.357. The quantitative estimate of drug-likeness (QED) is 0.838. The highest BCUT2D eigenvalue weighted by Gasteiger charge is 2.12. The molecule has 0 bridgehead atoms. The summed E-state index contributed by atoms with van der Waals surface area (Å²) in [6.07, 6.45) is 0.750. The summed E-state index contributed by atoms with van der Waals surface area (Å²) in [5.41, 5.74) is 1.21. The normalized spacial score (nSPS) is 15.2. The smallest absolute Gasteiger partial charge is 0.0988 e. The molecule has 0 unspecified atom stereocenters. The summed E-state index contributed by atoms with van der Waals surface area (Å²) in [4.78, 5) is 2.97. The van der Waals surface area contributed by atoms with Crippen molar-refractivity contribution in [3.8, 4) is 0 Å². The van der Waals surface area contributed by atoms with E-state index in [4.69, 9.17) is 17.0 Å². The van der Waals surface area contributed by atoms with Crippen LogP contribution in [-0.4, -0.2) is 36.2 Å². The average molecular weight is 262 g/mol. The minimum atomic E-state index is 0.750. The number of nitrogens with zero attached hydrogens (tertiary/aromatic N) is 1. The minimum absolute atomic E-state index is 0.750. The number of morpholine rings is 1. The van der Waals surface area contributed by atoms with Gasteiger partial charge in [0.2, 0.25) is 0 Å². The van der Waals surface area contributed by atoms with E-state index >= 15 is 0 Å².